The van der Waals surface area contributed by atoms with Gasteiger partial charge in [-0.15, -0.1) is 0 Å². The summed E-state index contributed by atoms with van der Waals surface area (Å²) in [5.74, 6) is 2.54. The van der Waals surface area contributed by atoms with Gasteiger partial charge in [0.1, 0.15) is 23.0 Å². The molecular formula is C56H43N3O. The molecular weight excluding hydrogens is 731 g/mol. The Hall–Kier alpha value is -7.04. The Labute approximate surface area is 351 Å². The summed E-state index contributed by atoms with van der Waals surface area (Å²) >= 11 is 0. The van der Waals surface area contributed by atoms with Crippen LogP contribution in [0.3, 0.4) is 0 Å². The first-order valence-electron chi connectivity index (χ1n) is 21.1. The highest BCUT2D eigenvalue weighted by molar-refractivity contribution is 6.16. The number of fused-ring (bicyclic) bond motifs is 12. The second-order valence-corrected chi connectivity index (χ2v) is 17.5. The molecule has 5 aliphatic rings. The van der Waals surface area contributed by atoms with E-state index in [1.165, 1.54) is 55.6 Å². The van der Waals surface area contributed by atoms with Crippen molar-refractivity contribution in [3.63, 3.8) is 0 Å². The van der Waals surface area contributed by atoms with Crippen LogP contribution in [0.15, 0.2) is 198 Å². The van der Waals surface area contributed by atoms with Crippen molar-refractivity contribution in [1.82, 2.24) is 5.32 Å². The standard InChI is InChI=1S/C56H43N3O/c1-54(2)44-23-10-7-20-40(44)43-29-27-39(34-47(43)54)53-58-51(35-16-5-4-6-17-35)57-52(59-53)38-19-15-18-36(32-38)37-28-30-49-48(33-37)56(50-26-13-14-31-55(50,3)60-49)45-24-11-8-21-41(45)42-22-9-12-25-46(42)56/h4-30,32-34,53H,31H2,1-3H3,(H,57,58,59)/t53-,55+/m1/s1. The van der Waals surface area contributed by atoms with Crippen LogP contribution in [0.1, 0.15) is 77.9 Å². The first-order chi connectivity index (χ1) is 29.3. The largest absolute Gasteiger partial charge is 0.482 e. The molecule has 0 aromatic heterocycles. The molecule has 2 heterocycles. The van der Waals surface area contributed by atoms with Crippen molar-refractivity contribution in [2.45, 2.75) is 49.8 Å². The van der Waals surface area contributed by atoms with Crippen molar-refractivity contribution >= 4 is 11.7 Å². The normalized spacial score (nSPS) is 20.5. The van der Waals surface area contributed by atoms with E-state index in [0.29, 0.717) is 0 Å². The fraction of sp³-hybridized carbons (Fsp3) is 0.143. The number of ether oxygens (including phenoxy) is 1. The summed E-state index contributed by atoms with van der Waals surface area (Å²) in [6, 6.07) is 59.5. The van der Waals surface area contributed by atoms with Gasteiger partial charge in [0, 0.05) is 28.5 Å². The van der Waals surface area contributed by atoms with E-state index in [4.69, 9.17) is 14.7 Å². The minimum Gasteiger partial charge on any atom is -0.482 e. The van der Waals surface area contributed by atoms with E-state index in [2.05, 4.69) is 202 Å². The molecule has 1 N–H and O–H groups in total. The predicted octanol–water partition coefficient (Wildman–Crippen LogP) is 12.5. The Bertz CT molecular complexity index is 3030. The quantitative estimate of drug-likeness (QED) is 0.194. The SMILES string of the molecule is CC1(C)c2ccccc2-c2ccc([C@@H]3N=C(c4ccccc4)NC(c4cccc(-c5ccc6c(c5)C5(C7=CC=CC[C@]7(C)O6)c6ccccc6-c6ccccc65)c4)=N3)cc21. The number of aliphatic imine (C=N–C) groups is 2. The van der Waals surface area contributed by atoms with Crippen LogP contribution in [-0.2, 0) is 10.8 Å². The molecule has 3 aliphatic carbocycles. The molecule has 0 bridgehead atoms. The van der Waals surface area contributed by atoms with Crippen molar-refractivity contribution in [1.29, 1.82) is 0 Å². The summed E-state index contributed by atoms with van der Waals surface area (Å²) in [4.78, 5) is 10.6. The number of amidine groups is 2. The summed E-state index contributed by atoms with van der Waals surface area (Å²) in [5, 5.41) is 3.66. The molecule has 4 heteroatoms. The molecule has 2 aliphatic heterocycles. The van der Waals surface area contributed by atoms with Gasteiger partial charge in [-0.2, -0.15) is 0 Å². The maximum absolute atomic E-state index is 7.05. The molecule has 7 aromatic rings. The molecule has 0 radical (unpaired) electrons. The Kier molecular flexibility index (Phi) is 7.41. The minimum absolute atomic E-state index is 0.119. The van der Waals surface area contributed by atoms with Crippen molar-refractivity contribution in [2.75, 3.05) is 0 Å². The zero-order valence-corrected chi connectivity index (χ0v) is 33.9. The molecule has 1 spiro atoms. The van der Waals surface area contributed by atoms with E-state index in [1.54, 1.807) is 0 Å². The fourth-order valence-corrected chi connectivity index (χ4v) is 10.9. The molecule has 0 saturated heterocycles. The molecule has 0 amide bonds. The highest BCUT2D eigenvalue weighted by atomic mass is 16.5. The third-order valence-corrected chi connectivity index (χ3v) is 13.7. The van der Waals surface area contributed by atoms with Gasteiger partial charge in [0.05, 0.1) is 5.41 Å². The van der Waals surface area contributed by atoms with E-state index in [0.717, 1.165) is 51.7 Å². The summed E-state index contributed by atoms with van der Waals surface area (Å²) in [5.41, 5.74) is 17.2. The Morgan fingerprint density at radius 2 is 1.12 bits per heavy atom. The second kappa shape index (κ2) is 12.7. The number of nitrogens with zero attached hydrogens (tertiary/aromatic N) is 2. The minimum atomic E-state index is -0.497. The highest BCUT2D eigenvalue weighted by Crippen LogP contribution is 2.64. The number of benzene rings is 7. The van der Waals surface area contributed by atoms with Gasteiger partial charge in [-0.25, -0.2) is 9.98 Å². The monoisotopic (exact) mass is 773 g/mol. The number of allylic oxidation sites excluding steroid dienone is 2. The van der Waals surface area contributed by atoms with Crippen LogP contribution in [0.4, 0.5) is 0 Å². The lowest BCUT2D eigenvalue weighted by molar-refractivity contribution is 0.102. The van der Waals surface area contributed by atoms with E-state index in [-0.39, 0.29) is 5.41 Å². The van der Waals surface area contributed by atoms with Crippen LogP contribution >= 0.6 is 0 Å². The Morgan fingerprint density at radius 3 is 1.87 bits per heavy atom. The molecule has 0 saturated carbocycles. The molecule has 0 fully saturated rings. The Morgan fingerprint density at radius 1 is 0.517 bits per heavy atom. The van der Waals surface area contributed by atoms with E-state index in [9.17, 15) is 0 Å². The number of rotatable bonds is 4. The molecule has 2 atom stereocenters. The van der Waals surface area contributed by atoms with Gasteiger partial charge in [-0.3, -0.25) is 0 Å². The second-order valence-electron chi connectivity index (χ2n) is 17.5. The molecule has 7 aromatic carbocycles. The lowest BCUT2D eigenvalue weighted by Gasteiger charge is -2.50. The van der Waals surface area contributed by atoms with Crippen molar-refractivity contribution in [2.24, 2.45) is 9.98 Å². The van der Waals surface area contributed by atoms with Crippen LogP contribution in [-0.4, -0.2) is 17.3 Å². The summed E-state index contributed by atoms with van der Waals surface area (Å²) in [6.07, 6.45) is 7.16. The zero-order chi connectivity index (χ0) is 40.2. The molecule has 12 rings (SSSR count). The molecule has 288 valence electrons. The van der Waals surface area contributed by atoms with Gasteiger partial charge in [-0.05, 0) is 91.9 Å². The fourth-order valence-electron chi connectivity index (χ4n) is 10.9. The third kappa shape index (κ3) is 4.91. The van der Waals surface area contributed by atoms with E-state index < -0.39 is 17.2 Å². The molecule has 0 unspecified atom stereocenters. The predicted molar refractivity (Wildman–Crippen MR) is 244 cm³/mol. The highest BCUT2D eigenvalue weighted by Gasteiger charge is 2.57. The number of nitrogens with one attached hydrogen (secondary N) is 1. The third-order valence-electron chi connectivity index (χ3n) is 13.7. The van der Waals surface area contributed by atoms with Crippen molar-refractivity contribution in [3.05, 3.63) is 232 Å². The van der Waals surface area contributed by atoms with Crippen molar-refractivity contribution in [3.8, 4) is 39.1 Å². The van der Waals surface area contributed by atoms with Crippen LogP contribution < -0.4 is 10.1 Å². The number of hydrogen-bond acceptors (Lipinski definition) is 4. The van der Waals surface area contributed by atoms with Crippen LogP contribution in [0.25, 0.3) is 33.4 Å². The smallest absolute Gasteiger partial charge is 0.169 e. The lowest BCUT2D eigenvalue weighted by atomic mass is 9.59. The first kappa shape index (κ1) is 35.0. The summed E-state index contributed by atoms with van der Waals surface area (Å²) in [6.45, 7) is 6.90. The first-order valence-corrected chi connectivity index (χ1v) is 21.1. The van der Waals surface area contributed by atoms with Crippen LogP contribution in [0, 0.1) is 0 Å². The van der Waals surface area contributed by atoms with Gasteiger partial charge in [0.25, 0.3) is 0 Å². The Balaban J connectivity index is 0.987. The van der Waals surface area contributed by atoms with E-state index in [1.807, 2.05) is 6.07 Å². The topological polar surface area (TPSA) is 46.0 Å². The summed E-state index contributed by atoms with van der Waals surface area (Å²) in [7, 11) is 0. The molecule has 4 nitrogen and oxygen atoms in total. The van der Waals surface area contributed by atoms with Gasteiger partial charge in [0.15, 0.2) is 6.17 Å². The average Bonchev–Trinajstić information content (AvgIpc) is 3.71. The van der Waals surface area contributed by atoms with Crippen molar-refractivity contribution < 1.29 is 4.74 Å². The maximum Gasteiger partial charge on any atom is 0.169 e. The zero-order valence-electron chi connectivity index (χ0n) is 33.9. The summed E-state index contributed by atoms with van der Waals surface area (Å²) < 4.78 is 7.05. The van der Waals surface area contributed by atoms with E-state index >= 15 is 0 Å². The average molecular weight is 774 g/mol. The lowest BCUT2D eigenvalue weighted by Crippen LogP contribution is -2.50. The number of hydrogen-bond donors (Lipinski definition) is 1. The maximum atomic E-state index is 7.05. The molecule has 60 heavy (non-hydrogen) atoms. The van der Waals surface area contributed by atoms with Gasteiger partial charge in [-0.1, -0.05) is 178 Å². The van der Waals surface area contributed by atoms with Gasteiger partial charge >= 0.3 is 0 Å². The van der Waals surface area contributed by atoms with Gasteiger partial charge in [0.2, 0.25) is 0 Å². The van der Waals surface area contributed by atoms with Crippen LogP contribution in [0.5, 0.6) is 5.75 Å². The van der Waals surface area contributed by atoms with Crippen LogP contribution in [0.2, 0.25) is 0 Å². The van der Waals surface area contributed by atoms with Gasteiger partial charge < -0.3 is 10.1 Å².